The molecule has 94 valence electrons. The molecule has 1 aromatic carbocycles. The summed E-state index contributed by atoms with van der Waals surface area (Å²) in [4.78, 5) is 4.66. The van der Waals surface area contributed by atoms with Gasteiger partial charge in [0, 0.05) is 12.3 Å². The Balaban J connectivity index is 1.75. The summed E-state index contributed by atoms with van der Waals surface area (Å²) in [6, 6.07) is 8.45. The summed E-state index contributed by atoms with van der Waals surface area (Å²) in [7, 11) is 0. The molecule has 1 N–H and O–H groups in total. The van der Waals surface area contributed by atoms with Crippen LogP contribution in [0.3, 0.4) is 0 Å². The van der Waals surface area contributed by atoms with Gasteiger partial charge in [-0.1, -0.05) is 37.1 Å². The number of nitrogens with zero attached hydrogens (tertiary/aromatic N) is 2. The summed E-state index contributed by atoms with van der Waals surface area (Å²) >= 11 is 0. The third kappa shape index (κ3) is 2.30. The maximum Gasteiger partial charge on any atom is 0.153 e. The third-order valence-corrected chi connectivity index (χ3v) is 3.89. The fraction of sp³-hybridized carbons (Fsp3) is 0.467. The Hall–Kier alpha value is -1.64. The molecule has 0 amide bonds. The van der Waals surface area contributed by atoms with Gasteiger partial charge in [-0.15, -0.1) is 0 Å². The molecule has 1 aliphatic rings. The topological polar surface area (TPSA) is 41.6 Å². The lowest BCUT2D eigenvalue weighted by Crippen LogP contribution is -1.96. The number of aryl methyl sites for hydroxylation is 1. The molecule has 1 aromatic heterocycles. The van der Waals surface area contributed by atoms with E-state index in [4.69, 9.17) is 0 Å². The monoisotopic (exact) mass is 241 g/mol. The average molecular weight is 241 g/mol. The van der Waals surface area contributed by atoms with Crippen molar-refractivity contribution in [3.8, 4) is 0 Å². The Kier molecular flexibility index (Phi) is 3.13. The number of aromatic nitrogens is 3. The van der Waals surface area contributed by atoms with Gasteiger partial charge in [0.25, 0.3) is 0 Å². The SMILES string of the molecule is Cc1ccccc1Cc1nc(C2CCCC2)n[nH]1. The van der Waals surface area contributed by atoms with Gasteiger partial charge in [-0.3, -0.25) is 5.10 Å². The highest BCUT2D eigenvalue weighted by molar-refractivity contribution is 5.28. The van der Waals surface area contributed by atoms with Gasteiger partial charge in [-0.05, 0) is 30.9 Å². The Labute approximate surface area is 108 Å². The third-order valence-electron chi connectivity index (χ3n) is 3.89. The highest BCUT2D eigenvalue weighted by Crippen LogP contribution is 2.31. The van der Waals surface area contributed by atoms with Gasteiger partial charge in [0.2, 0.25) is 0 Å². The summed E-state index contributed by atoms with van der Waals surface area (Å²) in [6.07, 6.45) is 6.01. The van der Waals surface area contributed by atoms with E-state index in [-0.39, 0.29) is 0 Å². The molecule has 0 aliphatic heterocycles. The van der Waals surface area contributed by atoms with Crippen molar-refractivity contribution in [3.05, 3.63) is 47.0 Å². The Morgan fingerprint density at radius 2 is 2.00 bits per heavy atom. The zero-order valence-corrected chi connectivity index (χ0v) is 10.8. The predicted molar refractivity (Wildman–Crippen MR) is 71.6 cm³/mol. The molecule has 2 aromatic rings. The van der Waals surface area contributed by atoms with E-state index in [1.54, 1.807) is 0 Å². The highest BCUT2D eigenvalue weighted by Gasteiger charge is 2.21. The van der Waals surface area contributed by atoms with Crippen LogP contribution in [0.5, 0.6) is 0 Å². The minimum absolute atomic E-state index is 0.590. The second-order valence-corrected chi connectivity index (χ2v) is 5.22. The molecule has 0 atom stereocenters. The van der Waals surface area contributed by atoms with Crippen molar-refractivity contribution in [1.82, 2.24) is 15.2 Å². The van der Waals surface area contributed by atoms with Crippen LogP contribution in [-0.2, 0) is 6.42 Å². The molecule has 0 unspecified atom stereocenters. The molecule has 1 saturated carbocycles. The molecule has 0 spiro atoms. The standard InChI is InChI=1S/C15H19N3/c1-11-6-2-3-9-13(11)10-14-16-15(18-17-14)12-7-4-5-8-12/h2-3,6,9,12H,4-5,7-8,10H2,1H3,(H,16,17,18). The summed E-state index contributed by atoms with van der Waals surface area (Å²) < 4.78 is 0. The molecule has 3 rings (SSSR count). The second-order valence-electron chi connectivity index (χ2n) is 5.22. The zero-order valence-electron chi connectivity index (χ0n) is 10.8. The summed E-state index contributed by atoms with van der Waals surface area (Å²) in [5, 5.41) is 7.49. The van der Waals surface area contributed by atoms with Crippen LogP contribution in [0.15, 0.2) is 24.3 Å². The second kappa shape index (κ2) is 4.92. The van der Waals surface area contributed by atoms with Crippen molar-refractivity contribution in [2.75, 3.05) is 0 Å². The summed E-state index contributed by atoms with van der Waals surface area (Å²) in [6.45, 7) is 2.14. The molecule has 0 radical (unpaired) electrons. The molecule has 0 bridgehead atoms. The van der Waals surface area contributed by atoms with E-state index in [0.29, 0.717) is 5.92 Å². The van der Waals surface area contributed by atoms with E-state index in [1.807, 2.05) is 0 Å². The van der Waals surface area contributed by atoms with Crippen LogP contribution in [0.25, 0.3) is 0 Å². The summed E-state index contributed by atoms with van der Waals surface area (Å²) in [5.41, 5.74) is 2.64. The Bertz CT molecular complexity index is 524. The first kappa shape index (κ1) is 11.5. The van der Waals surface area contributed by atoms with Crippen LogP contribution in [0.4, 0.5) is 0 Å². The first-order valence-electron chi connectivity index (χ1n) is 6.78. The normalized spacial score (nSPS) is 16.3. The molecule has 3 nitrogen and oxygen atoms in total. The number of benzene rings is 1. The Morgan fingerprint density at radius 1 is 1.22 bits per heavy atom. The van der Waals surface area contributed by atoms with Crippen LogP contribution in [0, 0.1) is 6.92 Å². The van der Waals surface area contributed by atoms with Crippen molar-refractivity contribution >= 4 is 0 Å². The minimum atomic E-state index is 0.590. The predicted octanol–water partition coefficient (Wildman–Crippen LogP) is 3.36. The van der Waals surface area contributed by atoms with Crippen molar-refractivity contribution in [2.45, 2.75) is 44.9 Å². The lowest BCUT2D eigenvalue weighted by Gasteiger charge is -2.03. The highest BCUT2D eigenvalue weighted by atomic mass is 15.2. The van der Waals surface area contributed by atoms with Gasteiger partial charge >= 0.3 is 0 Å². The number of aromatic amines is 1. The average Bonchev–Trinajstić information content (AvgIpc) is 3.02. The molecule has 18 heavy (non-hydrogen) atoms. The quantitative estimate of drug-likeness (QED) is 0.895. The number of H-pyrrole nitrogens is 1. The number of hydrogen-bond donors (Lipinski definition) is 1. The van der Waals surface area contributed by atoms with E-state index >= 15 is 0 Å². The largest absolute Gasteiger partial charge is 0.263 e. The minimum Gasteiger partial charge on any atom is -0.263 e. The van der Waals surface area contributed by atoms with E-state index in [1.165, 1.54) is 36.8 Å². The van der Waals surface area contributed by atoms with Crippen molar-refractivity contribution in [1.29, 1.82) is 0 Å². The maximum atomic E-state index is 4.66. The molecule has 1 fully saturated rings. The van der Waals surface area contributed by atoms with Crippen molar-refractivity contribution in [3.63, 3.8) is 0 Å². The van der Waals surface area contributed by atoms with Crippen LogP contribution in [0.2, 0.25) is 0 Å². The first-order valence-corrected chi connectivity index (χ1v) is 6.78. The van der Waals surface area contributed by atoms with Gasteiger partial charge in [0.1, 0.15) is 5.82 Å². The van der Waals surface area contributed by atoms with Crippen LogP contribution in [-0.4, -0.2) is 15.2 Å². The molecule has 3 heteroatoms. The first-order chi connectivity index (χ1) is 8.83. The lowest BCUT2D eigenvalue weighted by atomic mass is 10.1. The maximum absolute atomic E-state index is 4.66. The molecule has 1 aliphatic carbocycles. The van der Waals surface area contributed by atoms with Crippen LogP contribution in [0.1, 0.15) is 54.4 Å². The molecule has 1 heterocycles. The van der Waals surface area contributed by atoms with Crippen molar-refractivity contribution < 1.29 is 0 Å². The van der Waals surface area contributed by atoms with Gasteiger partial charge < -0.3 is 0 Å². The van der Waals surface area contributed by atoms with Crippen LogP contribution < -0.4 is 0 Å². The van der Waals surface area contributed by atoms with Crippen molar-refractivity contribution in [2.24, 2.45) is 0 Å². The fourth-order valence-electron chi connectivity index (χ4n) is 2.74. The van der Waals surface area contributed by atoms with Gasteiger partial charge in [0.15, 0.2) is 5.82 Å². The Morgan fingerprint density at radius 3 is 2.78 bits per heavy atom. The molecular weight excluding hydrogens is 222 g/mol. The summed E-state index contributed by atoms with van der Waals surface area (Å²) in [5.74, 6) is 2.61. The van der Waals surface area contributed by atoms with E-state index in [0.717, 1.165) is 18.1 Å². The number of hydrogen-bond acceptors (Lipinski definition) is 2. The molecular formula is C15H19N3. The lowest BCUT2D eigenvalue weighted by molar-refractivity contribution is 0.671. The van der Waals surface area contributed by atoms with E-state index < -0.39 is 0 Å². The van der Waals surface area contributed by atoms with Gasteiger partial charge in [0.05, 0.1) is 0 Å². The fourth-order valence-corrected chi connectivity index (χ4v) is 2.74. The van der Waals surface area contributed by atoms with E-state index in [9.17, 15) is 0 Å². The van der Waals surface area contributed by atoms with Gasteiger partial charge in [-0.25, -0.2) is 4.98 Å². The molecule has 0 saturated heterocycles. The van der Waals surface area contributed by atoms with E-state index in [2.05, 4.69) is 46.4 Å². The number of rotatable bonds is 3. The van der Waals surface area contributed by atoms with Gasteiger partial charge in [-0.2, -0.15) is 5.10 Å². The van der Waals surface area contributed by atoms with Crippen LogP contribution >= 0.6 is 0 Å². The smallest absolute Gasteiger partial charge is 0.153 e. The number of nitrogens with one attached hydrogen (secondary N) is 1. The zero-order chi connectivity index (χ0) is 12.4.